The lowest BCUT2D eigenvalue weighted by molar-refractivity contribution is 0.00328. The fourth-order valence-corrected chi connectivity index (χ4v) is 3.26. The summed E-state index contributed by atoms with van der Waals surface area (Å²) in [6.07, 6.45) is 5.13. The van der Waals surface area contributed by atoms with Crippen LogP contribution in [0.5, 0.6) is 5.75 Å². The fraction of sp³-hybridized carbons (Fsp3) is 0.200. The van der Waals surface area contributed by atoms with Crippen LogP contribution >= 0.6 is 0 Å². The SMILES string of the molecule is COc1ccc(C2Cn3cnc(-c4nc(-c5ccncc5)no4)c3CO2)cc1. The van der Waals surface area contributed by atoms with Crippen molar-refractivity contribution in [3.63, 3.8) is 0 Å². The molecule has 0 amide bonds. The lowest BCUT2D eigenvalue weighted by Crippen LogP contribution is -2.20. The number of benzene rings is 1. The quantitative estimate of drug-likeness (QED) is 0.541. The van der Waals surface area contributed by atoms with E-state index >= 15 is 0 Å². The molecule has 140 valence electrons. The van der Waals surface area contributed by atoms with E-state index in [0.29, 0.717) is 30.6 Å². The van der Waals surface area contributed by atoms with Gasteiger partial charge in [0.25, 0.3) is 5.89 Å². The van der Waals surface area contributed by atoms with E-state index < -0.39 is 0 Å². The summed E-state index contributed by atoms with van der Waals surface area (Å²) in [5.74, 6) is 1.71. The Hall–Kier alpha value is -3.52. The normalized spacial score (nSPS) is 16.0. The van der Waals surface area contributed by atoms with E-state index in [1.54, 1.807) is 25.8 Å². The van der Waals surface area contributed by atoms with Gasteiger partial charge < -0.3 is 18.6 Å². The van der Waals surface area contributed by atoms with Gasteiger partial charge in [-0.15, -0.1) is 0 Å². The summed E-state index contributed by atoms with van der Waals surface area (Å²) >= 11 is 0. The molecule has 1 aromatic carbocycles. The van der Waals surface area contributed by atoms with Crippen LogP contribution in [0.15, 0.2) is 59.6 Å². The van der Waals surface area contributed by atoms with E-state index in [-0.39, 0.29) is 6.10 Å². The van der Waals surface area contributed by atoms with Crippen LogP contribution in [-0.4, -0.2) is 31.8 Å². The molecule has 0 radical (unpaired) electrons. The number of aromatic nitrogens is 5. The summed E-state index contributed by atoms with van der Waals surface area (Å²) in [7, 11) is 1.66. The van der Waals surface area contributed by atoms with Gasteiger partial charge in [0.15, 0.2) is 5.69 Å². The number of rotatable bonds is 4. The van der Waals surface area contributed by atoms with Gasteiger partial charge in [-0.3, -0.25) is 4.98 Å². The molecular weight excluding hydrogens is 358 g/mol. The van der Waals surface area contributed by atoms with Crippen LogP contribution in [0.1, 0.15) is 17.4 Å². The van der Waals surface area contributed by atoms with Crippen molar-refractivity contribution in [2.75, 3.05) is 7.11 Å². The van der Waals surface area contributed by atoms with Gasteiger partial charge in [-0.05, 0) is 29.8 Å². The maximum Gasteiger partial charge on any atom is 0.278 e. The molecule has 0 saturated carbocycles. The summed E-state index contributed by atoms with van der Waals surface area (Å²) in [4.78, 5) is 13.0. The van der Waals surface area contributed by atoms with E-state index in [1.165, 1.54) is 0 Å². The minimum atomic E-state index is -0.0458. The first kappa shape index (κ1) is 16.6. The minimum Gasteiger partial charge on any atom is -0.497 e. The Kier molecular flexibility index (Phi) is 4.10. The van der Waals surface area contributed by atoms with Crippen LogP contribution in [-0.2, 0) is 17.9 Å². The molecule has 8 nitrogen and oxygen atoms in total. The molecular formula is C20H17N5O3. The van der Waals surface area contributed by atoms with Gasteiger partial charge in [0.2, 0.25) is 5.82 Å². The monoisotopic (exact) mass is 375 g/mol. The molecule has 3 aromatic heterocycles. The van der Waals surface area contributed by atoms with Gasteiger partial charge in [-0.1, -0.05) is 17.3 Å². The highest BCUT2D eigenvalue weighted by atomic mass is 16.5. The molecule has 1 atom stereocenters. The number of imidazole rings is 1. The highest BCUT2D eigenvalue weighted by molar-refractivity contribution is 5.58. The van der Waals surface area contributed by atoms with Gasteiger partial charge in [0, 0.05) is 18.0 Å². The molecule has 0 fully saturated rings. The first-order valence-corrected chi connectivity index (χ1v) is 8.86. The maximum absolute atomic E-state index is 6.08. The molecule has 0 spiro atoms. The van der Waals surface area contributed by atoms with Crippen molar-refractivity contribution in [3.8, 4) is 28.7 Å². The lowest BCUT2D eigenvalue weighted by Gasteiger charge is -2.25. The van der Waals surface area contributed by atoms with Crippen LogP contribution in [0, 0.1) is 0 Å². The number of methoxy groups -OCH3 is 1. The largest absolute Gasteiger partial charge is 0.497 e. The summed E-state index contributed by atoms with van der Waals surface area (Å²) in [5, 5.41) is 4.05. The average molecular weight is 375 g/mol. The van der Waals surface area contributed by atoms with Crippen LogP contribution in [0.25, 0.3) is 23.0 Å². The van der Waals surface area contributed by atoms with Crippen molar-refractivity contribution < 1.29 is 14.0 Å². The van der Waals surface area contributed by atoms with Crippen molar-refractivity contribution in [3.05, 3.63) is 66.4 Å². The Morgan fingerprint density at radius 1 is 1.11 bits per heavy atom. The van der Waals surface area contributed by atoms with E-state index in [2.05, 4.69) is 24.7 Å². The van der Waals surface area contributed by atoms with Gasteiger partial charge >= 0.3 is 0 Å². The average Bonchev–Trinajstić information content (AvgIpc) is 3.41. The predicted molar refractivity (Wildman–Crippen MR) is 99.3 cm³/mol. The Morgan fingerprint density at radius 2 is 1.93 bits per heavy atom. The molecule has 28 heavy (non-hydrogen) atoms. The molecule has 1 aliphatic rings. The Labute approximate surface area is 160 Å². The van der Waals surface area contributed by atoms with Crippen molar-refractivity contribution >= 4 is 0 Å². The van der Waals surface area contributed by atoms with Crippen molar-refractivity contribution in [1.82, 2.24) is 24.7 Å². The Balaban J connectivity index is 1.39. The second-order valence-corrected chi connectivity index (χ2v) is 6.42. The van der Waals surface area contributed by atoms with E-state index in [1.807, 2.05) is 36.4 Å². The van der Waals surface area contributed by atoms with Gasteiger partial charge in [-0.2, -0.15) is 4.98 Å². The summed E-state index contributed by atoms with van der Waals surface area (Å²) in [6.45, 7) is 1.08. The van der Waals surface area contributed by atoms with Crippen molar-refractivity contribution in [1.29, 1.82) is 0 Å². The molecule has 5 rings (SSSR count). The summed E-state index contributed by atoms with van der Waals surface area (Å²) in [6, 6.07) is 11.6. The van der Waals surface area contributed by atoms with Crippen molar-refractivity contribution in [2.45, 2.75) is 19.3 Å². The Morgan fingerprint density at radius 3 is 2.71 bits per heavy atom. The van der Waals surface area contributed by atoms with Gasteiger partial charge in [0.1, 0.15) is 11.9 Å². The first-order chi connectivity index (χ1) is 13.8. The third-order valence-electron chi connectivity index (χ3n) is 4.78. The molecule has 0 N–H and O–H groups in total. The molecule has 0 saturated heterocycles. The standard InChI is InChI=1S/C20H17N5O3/c1-26-15-4-2-13(3-5-15)17-10-25-12-22-18(16(25)11-27-17)20-23-19(24-28-20)14-6-8-21-9-7-14/h2-9,12,17H,10-11H2,1H3. The zero-order chi connectivity index (χ0) is 18.9. The van der Waals surface area contributed by atoms with E-state index in [9.17, 15) is 0 Å². The topological polar surface area (TPSA) is 88.1 Å². The smallest absolute Gasteiger partial charge is 0.278 e. The fourth-order valence-electron chi connectivity index (χ4n) is 3.26. The van der Waals surface area contributed by atoms with E-state index in [4.69, 9.17) is 14.0 Å². The van der Waals surface area contributed by atoms with Gasteiger partial charge in [-0.25, -0.2) is 4.98 Å². The number of fused-ring (bicyclic) bond motifs is 1. The highest BCUT2D eigenvalue weighted by Crippen LogP contribution is 2.32. The molecule has 8 heteroatoms. The second kappa shape index (κ2) is 6.90. The van der Waals surface area contributed by atoms with Crippen LogP contribution < -0.4 is 4.74 Å². The predicted octanol–water partition coefficient (Wildman–Crippen LogP) is 3.28. The Bertz CT molecular complexity index is 1090. The molecule has 1 aliphatic heterocycles. The van der Waals surface area contributed by atoms with Crippen LogP contribution in [0.3, 0.4) is 0 Å². The summed E-state index contributed by atoms with van der Waals surface area (Å²) < 4.78 is 18.8. The third-order valence-corrected chi connectivity index (χ3v) is 4.78. The van der Waals surface area contributed by atoms with E-state index in [0.717, 1.165) is 22.6 Å². The molecule has 4 aromatic rings. The number of hydrogen-bond donors (Lipinski definition) is 0. The van der Waals surface area contributed by atoms with Crippen LogP contribution in [0.2, 0.25) is 0 Å². The molecule has 1 unspecified atom stereocenters. The second-order valence-electron chi connectivity index (χ2n) is 6.42. The number of pyridine rings is 1. The summed E-state index contributed by atoms with van der Waals surface area (Å²) in [5.41, 5.74) is 3.52. The zero-order valence-corrected chi connectivity index (χ0v) is 15.1. The third kappa shape index (κ3) is 2.93. The number of hydrogen-bond acceptors (Lipinski definition) is 7. The lowest BCUT2D eigenvalue weighted by atomic mass is 10.1. The highest BCUT2D eigenvalue weighted by Gasteiger charge is 2.26. The maximum atomic E-state index is 6.08. The molecule has 0 bridgehead atoms. The number of ether oxygens (including phenoxy) is 2. The number of nitrogens with zero attached hydrogens (tertiary/aromatic N) is 5. The minimum absolute atomic E-state index is 0.0458. The molecule has 4 heterocycles. The molecule has 0 aliphatic carbocycles. The zero-order valence-electron chi connectivity index (χ0n) is 15.1. The van der Waals surface area contributed by atoms with Gasteiger partial charge in [0.05, 0.1) is 32.3 Å². The van der Waals surface area contributed by atoms with Crippen LogP contribution in [0.4, 0.5) is 0 Å². The first-order valence-electron chi connectivity index (χ1n) is 8.86. The van der Waals surface area contributed by atoms with Crippen molar-refractivity contribution in [2.24, 2.45) is 0 Å².